The Labute approximate surface area is 149 Å². The van der Waals surface area contributed by atoms with Crippen LogP contribution in [0.2, 0.25) is 0 Å². The van der Waals surface area contributed by atoms with E-state index in [4.69, 9.17) is 21.7 Å². The predicted octanol–water partition coefficient (Wildman–Crippen LogP) is 3.36. The second kappa shape index (κ2) is 8.53. The minimum absolute atomic E-state index is 0.288. The lowest BCUT2D eigenvalue weighted by molar-refractivity contribution is 0.143. The summed E-state index contributed by atoms with van der Waals surface area (Å²) in [5.74, 6) is 1.55. The van der Waals surface area contributed by atoms with Crippen LogP contribution in [0, 0.1) is 0 Å². The van der Waals surface area contributed by atoms with E-state index < -0.39 is 0 Å². The third kappa shape index (κ3) is 4.51. The number of hydrogen-bond donors (Lipinski definition) is 2. The van der Waals surface area contributed by atoms with Crippen molar-refractivity contribution in [3.63, 3.8) is 0 Å². The molecule has 1 aromatic rings. The van der Waals surface area contributed by atoms with Crippen molar-refractivity contribution < 1.29 is 9.47 Å². The minimum Gasteiger partial charge on any atom is -0.454 e. The summed E-state index contributed by atoms with van der Waals surface area (Å²) in [4.78, 5) is 2.64. The van der Waals surface area contributed by atoms with E-state index in [1.807, 2.05) is 18.2 Å². The summed E-state index contributed by atoms with van der Waals surface area (Å²) in [7, 11) is 0. The van der Waals surface area contributed by atoms with Crippen molar-refractivity contribution in [1.29, 1.82) is 0 Å². The largest absolute Gasteiger partial charge is 0.454 e. The number of fused-ring (bicyclic) bond motifs is 1. The van der Waals surface area contributed by atoms with E-state index in [-0.39, 0.29) is 6.79 Å². The number of nitrogens with one attached hydrogen (secondary N) is 2. The Kier molecular flexibility index (Phi) is 6.15. The molecular formula is C18H27N3O2S. The molecule has 24 heavy (non-hydrogen) atoms. The van der Waals surface area contributed by atoms with Crippen LogP contribution in [-0.4, -0.2) is 42.5 Å². The van der Waals surface area contributed by atoms with Crippen LogP contribution in [0.25, 0.3) is 0 Å². The van der Waals surface area contributed by atoms with Gasteiger partial charge in [0.05, 0.1) is 0 Å². The highest BCUT2D eigenvalue weighted by atomic mass is 32.1. The Balaban J connectivity index is 1.36. The maximum Gasteiger partial charge on any atom is 0.231 e. The monoisotopic (exact) mass is 349 g/mol. The number of piperidine rings is 1. The van der Waals surface area contributed by atoms with Crippen LogP contribution in [0.3, 0.4) is 0 Å². The first kappa shape index (κ1) is 17.3. The fraction of sp³-hybridized carbons (Fsp3) is 0.611. The predicted molar refractivity (Wildman–Crippen MR) is 101 cm³/mol. The summed E-state index contributed by atoms with van der Waals surface area (Å²) in [6.07, 6.45) is 6.45. The number of rotatable bonds is 6. The normalized spacial score (nSPS) is 20.0. The molecule has 1 atom stereocenters. The second-order valence-electron chi connectivity index (χ2n) is 6.40. The van der Waals surface area contributed by atoms with E-state index in [1.54, 1.807) is 0 Å². The van der Waals surface area contributed by atoms with Gasteiger partial charge in [-0.2, -0.15) is 0 Å². The highest BCUT2D eigenvalue weighted by Gasteiger charge is 2.19. The van der Waals surface area contributed by atoms with E-state index in [1.165, 1.54) is 32.2 Å². The summed E-state index contributed by atoms with van der Waals surface area (Å²) in [6.45, 7) is 5.88. The molecule has 0 unspecified atom stereocenters. The number of hydrogen-bond acceptors (Lipinski definition) is 4. The molecule has 0 radical (unpaired) electrons. The van der Waals surface area contributed by atoms with Crippen LogP contribution in [0.4, 0.5) is 5.69 Å². The summed E-state index contributed by atoms with van der Waals surface area (Å²) < 4.78 is 10.7. The fourth-order valence-electron chi connectivity index (χ4n) is 3.45. The van der Waals surface area contributed by atoms with Crippen molar-refractivity contribution >= 4 is 23.0 Å². The molecule has 1 aromatic carbocycles. The SMILES string of the molecule is CC[C@H]1CCCCN1CCCNC(=S)Nc1ccc2c(c1)OCO2. The van der Waals surface area contributed by atoms with Crippen molar-refractivity contribution in [3.8, 4) is 11.5 Å². The summed E-state index contributed by atoms with van der Waals surface area (Å²) in [5, 5.41) is 7.15. The highest BCUT2D eigenvalue weighted by Crippen LogP contribution is 2.34. The van der Waals surface area contributed by atoms with Crippen LogP contribution in [0.5, 0.6) is 11.5 Å². The van der Waals surface area contributed by atoms with E-state index >= 15 is 0 Å². The molecule has 2 heterocycles. The van der Waals surface area contributed by atoms with Gasteiger partial charge in [0.15, 0.2) is 16.6 Å². The first-order valence-electron chi connectivity index (χ1n) is 8.95. The highest BCUT2D eigenvalue weighted by molar-refractivity contribution is 7.80. The molecule has 2 aliphatic rings. The molecule has 6 heteroatoms. The van der Waals surface area contributed by atoms with E-state index in [0.717, 1.165) is 42.7 Å². The van der Waals surface area contributed by atoms with Crippen LogP contribution in [-0.2, 0) is 0 Å². The van der Waals surface area contributed by atoms with Crippen LogP contribution in [0.15, 0.2) is 18.2 Å². The zero-order valence-electron chi connectivity index (χ0n) is 14.3. The summed E-state index contributed by atoms with van der Waals surface area (Å²) in [6, 6.07) is 6.53. The van der Waals surface area contributed by atoms with Gasteiger partial charge in [0.2, 0.25) is 6.79 Å². The summed E-state index contributed by atoms with van der Waals surface area (Å²) >= 11 is 5.37. The first-order chi connectivity index (χ1) is 11.8. The Morgan fingerprint density at radius 2 is 2.17 bits per heavy atom. The van der Waals surface area contributed by atoms with E-state index in [2.05, 4.69) is 22.5 Å². The van der Waals surface area contributed by atoms with Gasteiger partial charge in [-0.3, -0.25) is 0 Å². The lowest BCUT2D eigenvalue weighted by atomic mass is 10.00. The van der Waals surface area contributed by atoms with Gasteiger partial charge in [0.25, 0.3) is 0 Å². The Bertz CT molecular complexity index is 567. The van der Waals surface area contributed by atoms with Crippen molar-refractivity contribution in [2.24, 2.45) is 0 Å². The molecule has 132 valence electrons. The van der Waals surface area contributed by atoms with Crippen molar-refractivity contribution in [2.45, 2.75) is 45.1 Å². The second-order valence-corrected chi connectivity index (χ2v) is 6.80. The lowest BCUT2D eigenvalue weighted by Crippen LogP contribution is -2.40. The lowest BCUT2D eigenvalue weighted by Gasteiger charge is -2.35. The molecule has 1 fully saturated rings. The van der Waals surface area contributed by atoms with Crippen LogP contribution < -0.4 is 20.1 Å². The number of ether oxygens (including phenoxy) is 2. The van der Waals surface area contributed by atoms with Crippen molar-refractivity contribution in [1.82, 2.24) is 10.2 Å². The number of benzene rings is 1. The average molecular weight is 350 g/mol. The molecule has 0 aromatic heterocycles. The van der Waals surface area contributed by atoms with Gasteiger partial charge >= 0.3 is 0 Å². The van der Waals surface area contributed by atoms with Gasteiger partial charge in [-0.05, 0) is 56.6 Å². The van der Waals surface area contributed by atoms with E-state index in [9.17, 15) is 0 Å². The number of nitrogens with zero attached hydrogens (tertiary/aromatic N) is 1. The number of anilines is 1. The van der Waals surface area contributed by atoms with Crippen LogP contribution >= 0.6 is 12.2 Å². The standard InChI is InChI=1S/C18H27N3O2S/c1-2-15-6-3-4-10-21(15)11-5-9-19-18(24)20-14-7-8-16-17(12-14)23-13-22-16/h7-8,12,15H,2-6,9-11,13H2,1H3,(H2,19,20,24)/t15-/m0/s1. The van der Waals surface area contributed by atoms with Gasteiger partial charge in [-0.15, -0.1) is 0 Å². The molecule has 3 rings (SSSR count). The molecule has 0 amide bonds. The van der Waals surface area contributed by atoms with Gasteiger partial charge in [-0.1, -0.05) is 13.3 Å². The molecule has 1 saturated heterocycles. The third-order valence-electron chi connectivity index (χ3n) is 4.76. The molecule has 2 aliphatic heterocycles. The van der Waals surface area contributed by atoms with Gasteiger partial charge in [0.1, 0.15) is 0 Å². The Morgan fingerprint density at radius 3 is 3.04 bits per heavy atom. The zero-order chi connectivity index (χ0) is 16.8. The average Bonchev–Trinajstić information content (AvgIpc) is 3.07. The Hall–Kier alpha value is -1.53. The first-order valence-corrected chi connectivity index (χ1v) is 9.35. The number of likely N-dealkylation sites (tertiary alicyclic amines) is 1. The van der Waals surface area contributed by atoms with Crippen molar-refractivity contribution in [2.75, 3.05) is 31.7 Å². The molecule has 0 saturated carbocycles. The molecule has 0 bridgehead atoms. The molecular weight excluding hydrogens is 322 g/mol. The van der Waals surface area contributed by atoms with E-state index in [0.29, 0.717) is 5.11 Å². The fourth-order valence-corrected chi connectivity index (χ4v) is 3.67. The maximum atomic E-state index is 5.38. The van der Waals surface area contributed by atoms with Gasteiger partial charge < -0.3 is 25.0 Å². The molecule has 0 spiro atoms. The number of thiocarbonyl (C=S) groups is 1. The minimum atomic E-state index is 0.288. The van der Waals surface area contributed by atoms with Crippen molar-refractivity contribution in [3.05, 3.63) is 18.2 Å². The third-order valence-corrected chi connectivity index (χ3v) is 5.00. The van der Waals surface area contributed by atoms with Gasteiger partial charge in [-0.25, -0.2) is 0 Å². The zero-order valence-corrected chi connectivity index (χ0v) is 15.2. The molecule has 0 aliphatic carbocycles. The molecule has 5 nitrogen and oxygen atoms in total. The quantitative estimate of drug-likeness (QED) is 0.607. The summed E-state index contributed by atoms with van der Waals surface area (Å²) in [5.41, 5.74) is 0.916. The molecule has 2 N–H and O–H groups in total. The topological polar surface area (TPSA) is 45.8 Å². The van der Waals surface area contributed by atoms with Crippen LogP contribution in [0.1, 0.15) is 39.0 Å². The van der Waals surface area contributed by atoms with Gasteiger partial charge in [0, 0.05) is 30.9 Å². The smallest absolute Gasteiger partial charge is 0.231 e. The Morgan fingerprint density at radius 1 is 1.29 bits per heavy atom. The maximum absolute atomic E-state index is 5.38.